The molecule has 0 radical (unpaired) electrons. The lowest BCUT2D eigenvalue weighted by molar-refractivity contribution is -0.137. The summed E-state index contributed by atoms with van der Waals surface area (Å²) in [7, 11) is 0. The van der Waals surface area contributed by atoms with Gasteiger partial charge < -0.3 is 0 Å². The maximum Gasteiger partial charge on any atom is 0.443 e. The van der Waals surface area contributed by atoms with Gasteiger partial charge in [-0.1, -0.05) is 13.8 Å². The van der Waals surface area contributed by atoms with Crippen LogP contribution in [-0.4, -0.2) is 4.98 Å². The third-order valence-electron chi connectivity index (χ3n) is 2.13. The molecule has 1 unspecified atom stereocenters. The van der Waals surface area contributed by atoms with Crippen LogP contribution in [-0.2, 0) is 6.18 Å². The molecule has 0 saturated heterocycles. The molecule has 0 amide bonds. The average molecular weight is 223 g/mol. The standard InChI is InChI=1S/C9H12F3NS/c1-4-5(2)7-6(3)13-8(14-7)9(10,11)12/h5H,4H2,1-3H3. The molecule has 1 heterocycles. The molecule has 0 aliphatic rings. The molecule has 1 nitrogen and oxygen atoms in total. The van der Waals surface area contributed by atoms with Gasteiger partial charge in [0.15, 0.2) is 5.01 Å². The Hall–Kier alpha value is -0.580. The highest BCUT2D eigenvalue weighted by molar-refractivity contribution is 7.12. The number of thiazole rings is 1. The number of hydrogen-bond acceptors (Lipinski definition) is 2. The van der Waals surface area contributed by atoms with Gasteiger partial charge in [0.05, 0.1) is 5.69 Å². The lowest BCUT2D eigenvalue weighted by Gasteiger charge is -2.04. The average Bonchev–Trinajstić information content (AvgIpc) is 2.45. The van der Waals surface area contributed by atoms with Gasteiger partial charge in [0.2, 0.25) is 0 Å². The third kappa shape index (κ3) is 2.26. The van der Waals surface area contributed by atoms with E-state index < -0.39 is 11.2 Å². The molecule has 0 N–H and O–H groups in total. The van der Waals surface area contributed by atoms with E-state index in [-0.39, 0.29) is 5.92 Å². The predicted molar refractivity (Wildman–Crippen MR) is 50.6 cm³/mol. The van der Waals surface area contributed by atoms with Gasteiger partial charge in [-0.2, -0.15) is 13.2 Å². The van der Waals surface area contributed by atoms with Crippen LogP contribution in [0, 0.1) is 6.92 Å². The molecule has 14 heavy (non-hydrogen) atoms. The Balaban J connectivity index is 3.05. The second-order valence-electron chi connectivity index (χ2n) is 3.28. The number of rotatable bonds is 2. The minimum Gasteiger partial charge on any atom is -0.237 e. The van der Waals surface area contributed by atoms with Crippen molar-refractivity contribution in [2.75, 3.05) is 0 Å². The van der Waals surface area contributed by atoms with Gasteiger partial charge in [-0.25, -0.2) is 4.98 Å². The molecule has 5 heteroatoms. The fourth-order valence-electron chi connectivity index (χ4n) is 1.17. The van der Waals surface area contributed by atoms with Crippen LogP contribution in [0.5, 0.6) is 0 Å². The molecule has 0 fully saturated rings. The van der Waals surface area contributed by atoms with Crippen LogP contribution in [0.15, 0.2) is 0 Å². The van der Waals surface area contributed by atoms with Gasteiger partial charge >= 0.3 is 6.18 Å². The van der Waals surface area contributed by atoms with Gasteiger partial charge in [0.1, 0.15) is 0 Å². The molecule has 1 atom stereocenters. The molecule has 0 spiro atoms. The van der Waals surface area contributed by atoms with Gasteiger partial charge in [0.25, 0.3) is 0 Å². The second kappa shape index (κ2) is 3.88. The summed E-state index contributed by atoms with van der Waals surface area (Å²) in [6.07, 6.45) is -3.47. The molecule has 0 bridgehead atoms. The van der Waals surface area contributed by atoms with E-state index in [0.717, 1.165) is 22.6 Å². The van der Waals surface area contributed by atoms with Crippen LogP contribution >= 0.6 is 11.3 Å². The Bertz CT molecular complexity index is 316. The topological polar surface area (TPSA) is 12.9 Å². The Kier molecular flexibility index (Phi) is 3.19. The van der Waals surface area contributed by atoms with E-state index in [4.69, 9.17) is 0 Å². The molecule has 80 valence electrons. The molecule has 1 aromatic heterocycles. The van der Waals surface area contributed by atoms with Crippen molar-refractivity contribution >= 4 is 11.3 Å². The number of alkyl halides is 3. The number of aromatic nitrogens is 1. The SMILES string of the molecule is CCC(C)c1sc(C(F)(F)F)nc1C. The van der Waals surface area contributed by atoms with Gasteiger partial charge in [-0.3, -0.25) is 0 Å². The Morgan fingerprint density at radius 3 is 2.36 bits per heavy atom. The zero-order valence-corrected chi connectivity index (χ0v) is 9.09. The Morgan fingerprint density at radius 2 is 2.00 bits per heavy atom. The molecule has 0 aromatic carbocycles. The predicted octanol–water partition coefficient (Wildman–Crippen LogP) is 3.98. The van der Waals surface area contributed by atoms with E-state index in [1.807, 2.05) is 13.8 Å². The summed E-state index contributed by atoms with van der Waals surface area (Å²) in [6.45, 7) is 5.50. The van der Waals surface area contributed by atoms with Crippen molar-refractivity contribution < 1.29 is 13.2 Å². The summed E-state index contributed by atoms with van der Waals surface area (Å²) in [5.41, 5.74) is 0.511. The summed E-state index contributed by atoms with van der Waals surface area (Å²) in [5, 5.41) is -0.731. The van der Waals surface area contributed by atoms with Gasteiger partial charge in [-0.05, 0) is 19.3 Å². The van der Waals surface area contributed by atoms with Crippen molar-refractivity contribution in [3.05, 3.63) is 15.6 Å². The van der Waals surface area contributed by atoms with Crippen molar-refractivity contribution in [2.45, 2.75) is 39.3 Å². The van der Waals surface area contributed by atoms with Crippen LogP contribution in [0.25, 0.3) is 0 Å². The zero-order valence-electron chi connectivity index (χ0n) is 8.27. The maximum atomic E-state index is 12.3. The highest BCUT2D eigenvalue weighted by Crippen LogP contribution is 2.37. The number of hydrogen-bond donors (Lipinski definition) is 0. The Morgan fingerprint density at radius 1 is 1.43 bits per heavy atom. The fourth-order valence-corrected chi connectivity index (χ4v) is 2.24. The highest BCUT2D eigenvalue weighted by atomic mass is 32.1. The summed E-state index contributed by atoms with van der Waals surface area (Å²) >= 11 is 0.763. The summed E-state index contributed by atoms with van der Waals surface area (Å²) in [6, 6.07) is 0. The normalized spacial score (nSPS) is 14.4. The zero-order chi connectivity index (χ0) is 10.9. The van der Waals surface area contributed by atoms with E-state index in [0.29, 0.717) is 5.69 Å². The monoisotopic (exact) mass is 223 g/mol. The molecule has 0 aliphatic carbocycles. The maximum absolute atomic E-state index is 12.3. The number of halogens is 3. The minimum atomic E-state index is -4.30. The molecular weight excluding hydrogens is 211 g/mol. The van der Waals surface area contributed by atoms with Crippen molar-refractivity contribution in [1.82, 2.24) is 4.98 Å². The van der Waals surface area contributed by atoms with Crippen LogP contribution in [0.1, 0.15) is 41.8 Å². The lowest BCUT2D eigenvalue weighted by Crippen LogP contribution is -2.03. The fraction of sp³-hybridized carbons (Fsp3) is 0.667. The highest BCUT2D eigenvalue weighted by Gasteiger charge is 2.35. The van der Waals surface area contributed by atoms with Crippen LogP contribution in [0.3, 0.4) is 0 Å². The Labute approximate surface area is 85.0 Å². The summed E-state index contributed by atoms with van der Waals surface area (Å²) < 4.78 is 36.9. The van der Waals surface area contributed by atoms with Crippen LogP contribution in [0.2, 0.25) is 0 Å². The van der Waals surface area contributed by atoms with Gasteiger partial charge in [0, 0.05) is 4.88 Å². The van der Waals surface area contributed by atoms with Gasteiger partial charge in [-0.15, -0.1) is 11.3 Å². The summed E-state index contributed by atoms with van der Waals surface area (Å²) in [5.74, 6) is 0.156. The van der Waals surface area contributed by atoms with Crippen molar-refractivity contribution in [3.63, 3.8) is 0 Å². The molecular formula is C9H12F3NS. The lowest BCUT2D eigenvalue weighted by atomic mass is 10.1. The summed E-state index contributed by atoms with van der Waals surface area (Å²) in [4.78, 5) is 4.29. The van der Waals surface area contributed by atoms with E-state index in [1.54, 1.807) is 6.92 Å². The van der Waals surface area contributed by atoms with E-state index in [1.165, 1.54) is 0 Å². The molecule has 0 aliphatic heterocycles. The first-order valence-corrected chi connectivity index (χ1v) is 5.22. The smallest absolute Gasteiger partial charge is 0.237 e. The van der Waals surface area contributed by atoms with E-state index >= 15 is 0 Å². The van der Waals surface area contributed by atoms with E-state index in [2.05, 4.69) is 4.98 Å². The molecule has 1 rings (SSSR count). The van der Waals surface area contributed by atoms with Crippen LogP contribution < -0.4 is 0 Å². The number of nitrogens with zero attached hydrogens (tertiary/aromatic N) is 1. The second-order valence-corrected chi connectivity index (χ2v) is 4.31. The van der Waals surface area contributed by atoms with Crippen molar-refractivity contribution in [3.8, 4) is 0 Å². The first-order chi connectivity index (χ1) is 6.36. The quantitative estimate of drug-likeness (QED) is 0.738. The van der Waals surface area contributed by atoms with Crippen molar-refractivity contribution in [1.29, 1.82) is 0 Å². The number of aryl methyl sites for hydroxylation is 1. The largest absolute Gasteiger partial charge is 0.443 e. The third-order valence-corrected chi connectivity index (χ3v) is 3.57. The van der Waals surface area contributed by atoms with E-state index in [9.17, 15) is 13.2 Å². The molecule has 1 aromatic rings. The van der Waals surface area contributed by atoms with Crippen LogP contribution in [0.4, 0.5) is 13.2 Å². The minimum absolute atomic E-state index is 0.156. The first kappa shape index (κ1) is 11.5. The molecule has 0 saturated carbocycles. The van der Waals surface area contributed by atoms with Crippen molar-refractivity contribution in [2.24, 2.45) is 0 Å². The first-order valence-electron chi connectivity index (χ1n) is 4.40.